The summed E-state index contributed by atoms with van der Waals surface area (Å²) < 4.78 is 61.9. The molecule has 0 aliphatic heterocycles. The number of carbonyl (C=O) groups excluding carboxylic acids is 1. The Hall–Kier alpha value is -1.95. The molecule has 2 aromatic heterocycles. The summed E-state index contributed by atoms with van der Waals surface area (Å²) in [5.74, 6) is -1.40. The van der Waals surface area contributed by atoms with E-state index in [0.717, 1.165) is 18.3 Å². The van der Waals surface area contributed by atoms with Gasteiger partial charge in [-0.15, -0.1) is 23.2 Å². The fraction of sp³-hybridized carbons (Fsp3) is 0.421. The van der Waals surface area contributed by atoms with Crippen LogP contribution in [0.5, 0.6) is 0 Å². The summed E-state index contributed by atoms with van der Waals surface area (Å²) in [7, 11) is -4.14. The van der Waals surface area contributed by atoms with Crippen molar-refractivity contribution in [3.05, 3.63) is 47.4 Å². The molecule has 1 aliphatic carbocycles. The van der Waals surface area contributed by atoms with Crippen LogP contribution in [0.1, 0.15) is 53.7 Å². The standard InChI is InChI=1S/C19H19Cl2F3N4O3S/c1-10-6-11(2-4-18(10,20)21)16-14(7-12(9-27-16)19(22,23)24)17(29)28-13-3-5-26-15(8-13)32(25,30)31/h3,5,7-11H,2,4,6H2,1H3,(H2,25,30,31)(H,26,28,29). The molecule has 0 spiro atoms. The zero-order valence-corrected chi connectivity index (χ0v) is 19.0. The number of amides is 1. The van der Waals surface area contributed by atoms with Crippen LogP contribution < -0.4 is 10.5 Å². The van der Waals surface area contributed by atoms with Crippen LogP contribution >= 0.6 is 23.2 Å². The summed E-state index contributed by atoms with van der Waals surface area (Å²) in [4.78, 5) is 20.5. The van der Waals surface area contributed by atoms with Crippen LogP contribution in [0, 0.1) is 5.92 Å². The molecule has 2 unspecified atom stereocenters. The quantitative estimate of drug-likeness (QED) is 0.588. The number of pyridine rings is 2. The Morgan fingerprint density at radius 3 is 2.56 bits per heavy atom. The predicted molar refractivity (Wildman–Crippen MR) is 113 cm³/mol. The minimum atomic E-state index is -4.71. The first-order valence-electron chi connectivity index (χ1n) is 9.43. The summed E-state index contributed by atoms with van der Waals surface area (Å²) in [6, 6.07) is 3.02. The van der Waals surface area contributed by atoms with Gasteiger partial charge in [0.25, 0.3) is 15.9 Å². The number of nitrogens with one attached hydrogen (secondary N) is 1. The van der Waals surface area contributed by atoms with Gasteiger partial charge in [0, 0.05) is 30.1 Å². The topological polar surface area (TPSA) is 115 Å². The lowest BCUT2D eigenvalue weighted by Gasteiger charge is -2.36. The van der Waals surface area contributed by atoms with Crippen LogP contribution in [-0.2, 0) is 16.2 Å². The molecule has 13 heteroatoms. The maximum atomic E-state index is 13.3. The van der Waals surface area contributed by atoms with E-state index in [4.69, 9.17) is 28.3 Å². The zero-order valence-electron chi connectivity index (χ0n) is 16.7. The van der Waals surface area contributed by atoms with Crippen LogP contribution in [0.4, 0.5) is 18.9 Å². The van der Waals surface area contributed by atoms with Crippen molar-refractivity contribution in [2.24, 2.45) is 11.1 Å². The van der Waals surface area contributed by atoms with Gasteiger partial charge in [0.1, 0.15) is 4.33 Å². The second-order valence-electron chi connectivity index (χ2n) is 7.67. The van der Waals surface area contributed by atoms with E-state index in [1.165, 1.54) is 6.07 Å². The normalized spacial score (nSPS) is 21.2. The summed E-state index contributed by atoms with van der Waals surface area (Å²) in [6.07, 6.45) is -1.68. The molecule has 1 fully saturated rings. The number of primary sulfonamides is 1. The molecule has 0 saturated heterocycles. The maximum absolute atomic E-state index is 13.3. The van der Waals surface area contributed by atoms with E-state index in [9.17, 15) is 26.4 Å². The predicted octanol–water partition coefficient (Wildman–Crippen LogP) is 4.47. The summed E-state index contributed by atoms with van der Waals surface area (Å²) >= 11 is 12.5. The molecule has 0 aromatic carbocycles. The Bertz CT molecular complexity index is 1140. The van der Waals surface area contributed by atoms with Gasteiger partial charge in [0.2, 0.25) is 0 Å². The van der Waals surface area contributed by atoms with Gasteiger partial charge in [0.05, 0.1) is 16.8 Å². The Labute approximate surface area is 192 Å². The molecule has 1 saturated carbocycles. The van der Waals surface area contributed by atoms with E-state index < -0.39 is 37.0 Å². The fourth-order valence-electron chi connectivity index (χ4n) is 3.56. The maximum Gasteiger partial charge on any atom is 0.417 e. The van der Waals surface area contributed by atoms with Crippen LogP contribution in [0.3, 0.4) is 0 Å². The fourth-order valence-corrected chi connectivity index (χ4v) is 4.45. The van der Waals surface area contributed by atoms with Crippen LogP contribution in [-0.4, -0.2) is 28.6 Å². The lowest BCUT2D eigenvalue weighted by atomic mass is 9.78. The molecule has 1 amide bonds. The number of hydrogen-bond acceptors (Lipinski definition) is 5. The van der Waals surface area contributed by atoms with Gasteiger partial charge in [-0.1, -0.05) is 6.92 Å². The molecular formula is C19H19Cl2F3N4O3S. The average Bonchev–Trinajstić information content (AvgIpc) is 2.68. The summed E-state index contributed by atoms with van der Waals surface area (Å²) in [5, 5.41) is 6.93. The number of anilines is 1. The molecule has 2 heterocycles. The van der Waals surface area contributed by atoms with Crippen LogP contribution in [0.25, 0.3) is 0 Å². The van der Waals surface area contributed by atoms with Crippen LogP contribution in [0.2, 0.25) is 0 Å². The summed E-state index contributed by atoms with van der Waals surface area (Å²) in [6.45, 7) is 1.82. The second kappa shape index (κ2) is 8.77. The molecule has 3 rings (SSSR count). The Kier molecular flexibility index (Phi) is 6.77. The average molecular weight is 511 g/mol. The molecule has 2 atom stereocenters. The number of carbonyl (C=O) groups is 1. The number of hydrogen-bond donors (Lipinski definition) is 2. The molecule has 0 bridgehead atoms. The van der Waals surface area contributed by atoms with E-state index >= 15 is 0 Å². The lowest BCUT2D eigenvalue weighted by Crippen LogP contribution is -2.32. The van der Waals surface area contributed by atoms with Gasteiger partial charge >= 0.3 is 6.18 Å². The van der Waals surface area contributed by atoms with Crippen LogP contribution in [0.15, 0.2) is 35.6 Å². The highest BCUT2D eigenvalue weighted by Gasteiger charge is 2.40. The summed E-state index contributed by atoms with van der Waals surface area (Å²) in [5.41, 5.74) is -1.18. The van der Waals surface area contributed by atoms with Crippen molar-refractivity contribution in [1.82, 2.24) is 9.97 Å². The molecule has 174 valence electrons. The van der Waals surface area contributed by atoms with Crippen molar-refractivity contribution < 1.29 is 26.4 Å². The smallest absolute Gasteiger partial charge is 0.322 e. The van der Waals surface area contributed by atoms with Gasteiger partial charge in [-0.3, -0.25) is 9.78 Å². The molecule has 1 aliphatic rings. The van der Waals surface area contributed by atoms with E-state index in [1.54, 1.807) is 0 Å². The Morgan fingerprint density at radius 1 is 1.28 bits per heavy atom. The van der Waals surface area contributed by atoms with Crippen molar-refractivity contribution >= 4 is 44.8 Å². The molecule has 7 nitrogen and oxygen atoms in total. The first kappa shape index (κ1) is 24.7. The first-order valence-corrected chi connectivity index (χ1v) is 11.7. The molecule has 32 heavy (non-hydrogen) atoms. The van der Waals surface area contributed by atoms with Crippen molar-refractivity contribution in [3.8, 4) is 0 Å². The highest BCUT2D eigenvalue weighted by atomic mass is 35.5. The number of rotatable bonds is 4. The molecular weight excluding hydrogens is 492 g/mol. The number of alkyl halides is 5. The van der Waals surface area contributed by atoms with Gasteiger partial charge in [0.15, 0.2) is 5.03 Å². The van der Waals surface area contributed by atoms with Gasteiger partial charge < -0.3 is 5.32 Å². The lowest BCUT2D eigenvalue weighted by molar-refractivity contribution is -0.137. The van der Waals surface area contributed by atoms with Crippen molar-refractivity contribution in [2.45, 2.75) is 47.6 Å². The Morgan fingerprint density at radius 2 is 1.97 bits per heavy atom. The third-order valence-corrected chi connectivity index (χ3v) is 7.28. The number of aromatic nitrogens is 2. The second-order valence-corrected chi connectivity index (χ2v) is 10.7. The molecule has 3 N–H and O–H groups in total. The third-order valence-electron chi connectivity index (χ3n) is 5.35. The zero-order chi connectivity index (χ0) is 23.9. The number of sulfonamides is 1. The third kappa shape index (κ3) is 5.51. The van der Waals surface area contributed by atoms with Gasteiger partial charge in [-0.05, 0) is 37.3 Å². The highest BCUT2D eigenvalue weighted by molar-refractivity contribution is 7.89. The minimum Gasteiger partial charge on any atom is -0.322 e. The van der Waals surface area contributed by atoms with Gasteiger partial charge in [-0.2, -0.15) is 13.2 Å². The monoisotopic (exact) mass is 510 g/mol. The molecule has 2 aromatic rings. The van der Waals surface area contributed by atoms with E-state index in [2.05, 4.69) is 15.3 Å². The SMILES string of the molecule is CC1CC(c2ncc(C(F)(F)F)cc2C(=O)Nc2ccnc(S(N)(=O)=O)c2)CCC1(Cl)Cl. The molecule has 0 radical (unpaired) electrons. The number of nitrogens with two attached hydrogens (primary N) is 1. The van der Waals surface area contributed by atoms with Crippen molar-refractivity contribution in [2.75, 3.05) is 5.32 Å². The van der Waals surface area contributed by atoms with Crippen molar-refractivity contribution in [1.29, 1.82) is 0 Å². The number of halogens is 5. The first-order chi connectivity index (χ1) is 14.7. The Balaban J connectivity index is 1.99. The van der Waals surface area contributed by atoms with E-state index in [1.807, 2.05) is 6.92 Å². The highest BCUT2D eigenvalue weighted by Crippen LogP contribution is 2.48. The number of nitrogens with zero attached hydrogens (tertiary/aromatic N) is 2. The van der Waals surface area contributed by atoms with E-state index in [0.29, 0.717) is 25.5 Å². The minimum absolute atomic E-state index is 0.00469. The van der Waals surface area contributed by atoms with E-state index in [-0.39, 0.29) is 28.8 Å². The van der Waals surface area contributed by atoms with Crippen molar-refractivity contribution in [3.63, 3.8) is 0 Å². The van der Waals surface area contributed by atoms with Gasteiger partial charge in [-0.25, -0.2) is 18.5 Å². The largest absolute Gasteiger partial charge is 0.417 e.